The number of nitrogens with two attached hydrogens (primary N) is 1. The summed E-state index contributed by atoms with van der Waals surface area (Å²) >= 11 is 0. The van der Waals surface area contributed by atoms with Crippen LogP contribution in [0, 0.1) is 5.82 Å². The Balaban J connectivity index is 2.54. The fourth-order valence-electron chi connectivity index (χ4n) is 1.59. The molecule has 8 heteroatoms. The fourth-order valence-corrected chi connectivity index (χ4v) is 1.59. The van der Waals surface area contributed by atoms with Gasteiger partial charge in [0.15, 0.2) is 11.6 Å². The lowest BCUT2D eigenvalue weighted by molar-refractivity contribution is -0.122. The second-order valence-corrected chi connectivity index (χ2v) is 5.47. The molecule has 0 atom stereocenters. The van der Waals surface area contributed by atoms with Gasteiger partial charge in [0.05, 0.1) is 5.56 Å². The first-order chi connectivity index (χ1) is 9.74. The summed E-state index contributed by atoms with van der Waals surface area (Å²) in [5.74, 6) is 3.21. The van der Waals surface area contributed by atoms with Gasteiger partial charge in [0.25, 0.3) is 5.91 Å². The molecule has 0 spiro atoms. The maximum Gasteiger partial charge on any atom is 0.254 e. The van der Waals surface area contributed by atoms with Gasteiger partial charge in [0.1, 0.15) is 0 Å². The van der Waals surface area contributed by atoms with Gasteiger partial charge in [-0.3, -0.25) is 9.59 Å². The minimum atomic E-state index is -0.836. The molecule has 0 aliphatic heterocycles. The van der Waals surface area contributed by atoms with Crippen molar-refractivity contribution in [2.24, 2.45) is 5.84 Å². The molecule has 0 unspecified atom stereocenters. The molecule has 1 rings (SSSR count). The molecule has 0 aromatic carbocycles. The highest BCUT2D eigenvalue weighted by Gasteiger charge is 2.17. The van der Waals surface area contributed by atoms with Gasteiger partial charge in [0, 0.05) is 24.7 Å². The lowest BCUT2D eigenvalue weighted by atomic mass is 10.1. The van der Waals surface area contributed by atoms with Gasteiger partial charge in [-0.15, -0.1) is 0 Å². The zero-order valence-corrected chi connectivity index (χ0v) is 12.3. The zero-order chi connectivity index (χ0) is 16.0. The van der Waals surface area contributed by atoms with Gasteiger partial charge in [0.2, 0.25) is 5.91 Å². The van der Waals surface area contributed by atoms with E-state index in [1.54, 1.807) is 0 Å². The second-order valence-electron chi connectivity index (χ2n) is 5.47. The molecule has 1 aromatic rings. The molecule has 0 radical (unpaired) electrons. The van der Waals surface area contributed by atoms with Crippen LogP contribution in [0.25, 0.3) is 0 Å². The summed E-state index contributed by atoms with van der Waals surface area (Å²) in [6.45, 7) is 5.68. The number of carbonyl (C=O) groups excluding carboxylic acids is 2. The molecule has 7 nitrogen and oxygen atoms in total. The summed E-state index contributed by atoms with van der Waals surface area (Å²) in [4.78, 5) is 27.0. The molecule has 1 heterocycles. The van der Waals surface area contributed by atoms with E-state index < -0.39 is 11.7 Å². The average molecular weight is 297 g/mol. The van der Waals surface area contributed by atoms with Gasteiger partial charge >= 0.3 is 0 Å². The van der Waals surface area contributed by atoms with Crippen molar-refractivity contribution in [3.8, 4) is 0 Å². The molecule has 0 aliphatic carbocycles. The highest BCUT2D eigenvalue weighted by atomic mass is 19.1. The molecule has 0 aliphatic rings. The molecule has 1 aromatic heterocycles. The number of carbonyl (C=O) groups is 2. The number of aromatic nitrogens is 1. The van der Waals surface area contributed by atoms with Crippen LogP contribution < -0.4 is 21.9 Å². The number of hydrogen-bond acceptors (Lipinski definition) is 5. The number of hydrazine groups is 1. The van der Waals surface area contributed by atoms with Crippen LogP contribution in [-0.4, -0.2) is 28.9 Å². The van der Waals surface area contributed by atoms with Gasteiger partial charge in [-0.05, 0) is 26.8 Å². The Morgan fingerprint density at radius 2 is 2.05 bits per heavy atom. The number of amides is 2. The maximum absolute atomic E-state index is 13.8. The van der Waals surface area contributed by atoms with Crippen molar-refractivity contribution in [2.75, 3.05) is 12.0 Å². The largest absolute Gasteiger partial charge is 0.351 e. The minimum absolute atomic E-state index is 0.105. The van der Waals surface area contributed by atoms with Crippen molar-refractivity contribution in [3.05, 3.63) is 23.6 Å². The monoisotopic (exact) mass is 297 g/mol. The Labute approximate surface area is 122 Å². The molecular formula is C13H20FN5O2. The predicted octanol–water partition coefficient (Wildman–Crippen LogP) is 0.541. The molecular weight excluding hydrogens is 277 g/mol. The third kappa shape index (κ3) is 5.35. The molecule has 2 amide bonds. The quantitative estimate of drug-likeness (QED) is 0.468. The van der Waals surface area contributed by atoms with Crippen molar-refractivity contribution in [3.63, 3.8) is 0 Å². The zero-order valence-electron chi connectivity index (χ0n) is 12.3. The number of hydrogen-bond donors (Lipinski definition) is 4. The maximum atomic E-state index is 13.8. The molecule has 5 N–H and O–H groups in total. The van der Waals surface area contributed by atoms with E-state index in [2.05, 4.69) is 21.0 Å². The van der Waals surface area contributed by atoms with E-state index in [0.29, 0.717) is 0 Å². The summed E-state index contributed by atoms with van der Waals surface area (Å²) in [6, 6.07) is 1.24. The summed E-state index contributed by atoms with van der Waals surface area (Å²) in [6.07, 6.45) is 1.37. The first-order valence-electron chi connectivity index (χ1n) is 6.45. The molecule has 0 saturated carbocycles. The van der Waals surface area contributed by atoms with Crippen molar-refractivity contribution in [2.45, 2.75) is 32.7 Å². The topological polar surface area (TPSA) is 109 Å². The summed E-state index contributed by atoms with van der Waals surface area (Å²) in [5.41, 5.74) is 1.54. The van der Waals surface area contributed by atoms with Crippen LogP contribution in [0.4, 0.5) is 10.2 Å². The lowest BCUT2D eigenvalue weighted by Crippen LogP contribution is -2.42. The third-order valence-electron chi connectivity index (χ3n) is 2.42. The number of halogens is 1. The first kappa shape index (κ1) is 16.8. The Bertz CT molecular complexity index is 528. The average Bonchev–Trinajstić information content (AvgIpc) is 2.36. The molecule has 21 heavy (non-hydrogen) atoms. The molecule has 0 bridgehead atoms. The van der Waals surface area contributed by atoms with Gasteiger partial charge in [-0.25, -0.2) is 15.2 Å². The van der Waals surface area contributed by atoms with Crippen LogP contribution in [0.3, 0.4) is 0 Å². The van der Waals surface area contributed by atoms with Gasteiger partial charge < -0.3 is 16.1 Å². The number of anilines is 1. The summed E-state index contributed by atoms with van der Waals surface area (Å²) < 4.78 is 13.8. The standard InChI is InChI=1S/C13H20FN5O2/c1-13(2,3)18-9(20)5-7-17-12(21)8-4-6-16-11(19-15)10(8)14/h4,6H,5,7,15H2,1-3H3,(H,16,19)(H,17,21)(H,18,20). The van der Waals surface area contributed by atoms with Crippen LogP contribution in [0.2, 0.25) is 0 Å². The van der Waals surface area contributed by atoms with E-state index >= 15 is 0 Å². The van der Waals surface area contributed by atoms with Crippen molar-refractivity contribution in [1.29, 1.82) is 0 Å². The second kappa shape index (κ2) is 6.98. The van der Waals surface area contributed by atoms with Crippen LogP contribution in [0.5, 0.6) is 0 Å². The third-order valence-corrected chi connectivity index (χ3v) is 2.42. The van der Waals surface area contributed by atoms with E-state index in [9.17, 15) is 14.0 Å². The van der Waals surface area contributed by atoms with Crippen molar-refractivity contribution < 1.29 is 14.0 Å². The number of nitrogens with one attached hydrogen (secondary N) is 3. The number of nitrogens with zero attached hydrogens (tertiary/aromatic N) is 1. The predicted molar refractivity (Wildman–Crippen MR) is 76.9 cm³/mol. The smallest absolute Gasteiger partial charge is 0.254 e. The highest BCUT2D eigenvalue weighted by Crippen LogP contribution is 2.13. The fraction of sp³-hybridized carbons (Fsp3) is 0.462. The van der Waals surface area contributed by atoms with E-state index in [-0.39, 0.29) is 35.8 Å². The minimum Gasteiger partial charge on any atom is -0.351 e. The van der Waals surface area contributed by atoms with Gasteiger partial charge in [-0.1, -0.05) is 0 Å². The highest BCUT2D eigenvalue weighted by molar-refractivity contribution is 5.95. The first-order valence-corrected chi connectivity index (χ1v) is 6.45. The van der Waals surface area contributed by atoms with E-state index in [0.717, 1.165) is 0 Å². The molecule has 0 fully saturated rings. The SMILES string of the molecule is CC(C)(C)NC(=O)CCNC(=O)c1ccnc(NN)c1F. The van der Waals surface area contributed by atoms with Gasteiger partial charge in [-0.2, -0.15) is 0 Å². The summed E-state index contributed by atoms with van der Waals surface area (Å²) in [5, 5.41) is 5.23. The van der Waals surface area contributed by atoms with E-state index in [1.165, 1.54) is 12.3 Å². The van der Waals surface area contributed by atoms with E-state index in [1.807, 2.05) is 20.8 Å². The molecule has 0 saturated heterocycles. The normalized spacial score (nSPS) is 10.9. The van der Waals surface area contributed by atoms with E-state index in [4.69, 9.17) is 5.84 Å². The number of pyridine rings is 1. The van der Waals surface area contributed by atoms with Crippen LogP contribution in [-0.2, 0) is 4.79 Å². The van der Waals surface area contributed by atoms with Crippen LogP contribution in [0.15, 0.2) is 12.3 Å². The Morgan fingerprint density at radius 3 is 2.62 bits per heavy atom. The Kier molecular flexibility index (Phi) is 5.60. The lowest BCUT2D eigenvalue weighted by Gasteiger charge is -2.20. The van der Waals surface area contributed by atoms with Crippen LogP contribution in [0.1, 0.15) is 37.6 Å². The van der Waals surface area contributed by atoms with Crippen molar-refractivity contribution >= 4 is 17.6 Å². The number of nitrogen functional groups attached to an aromatic ring is 1. The summed E-state index contributed by atoms with van der Waals surface area (Å²) in [7, 11) is 0. The Hall–Kier alpha value is -2.22. The van der Waals surface area contributed by atoms with Crippen molar-refractivity contribution in [1.82, 2.24) is 15.6 Å². The molecule has 116 valence electrons. The van der Waals surface area contributed by atoms with Crippen LogP contribution >= 0.6 is 0 Å². The Morgan fingerprint density at radius 1 is 1.38 bits per heavy atom. The number of rotatable bonds is 5.